The van der Waals surface area contributed by atoms with E-state index in [9.17, 15) is 9.90 Å². The average Bonchev–Trinajstić information content (AvgIpc) is 2.33. The summed E-state index contributed by atoms with van der Waals surface area (Å²) in [6.45, 7) is 6.43. The minimum Gasteiger partial charge on any atom is -0.399 e. The van der Waals surface area contributed by atoms with Gasteiger partial charge in [-0.05, 0) is 35.6 Å². The molecule has 1 atom stereocenters. The van der Waals surface area contributed by atoms with E-state index in [0.717, 1.165) is 5.56 Å². The molecule has 0 aliphatic rings. The van der Waals surface area contributed by atoms with Crippen molar-refractivity contribution in [2.24, 2.45) is 5.41 Å². The van der Waals surface area contributed by atoms with Crippen LogP contribution in [0.5, 0.6) is 0 Å². The Balaban J connectivity index is 2.38. The van der Waals surface area contributed by atoms with E-state index in [1.54, 1.807) is 18.2 Å². The van der Waals surface area contributed by atoms with E-state index in [-0.39, 0.29) is 17.9 Å². The third kappa shape index (κ3) is 6.95. The van der Waals surface area contributed by atoms with Crippen molar-refractivity contribution >= 4 is 17.7 Å². The second-order valence-electron chi connectivity index (χ2n) is 6.16. The van der Waals surface area contributed by atoms with Gasteiger partial charge >= 0.3 is 0 Å². The fourth-order valence-corrected chi connectivity index (χ4v) is 1.84. The van der Waals surface area contributed by atoms with Crippen LogP contribution in [0.2, 0.25) is 0 Å². The Morgan fingerprint density at radius 1 is 1.35 bits per heavy atom. The van der Waals surface area contributed by atoms with Crippen molar-refractivity contribution in [3.63, 3.8) is 0 Å². The molecule has 1 unspecified atom stereocenters. The van der Waals surface area contributed by atoms with Gasteiger partial charge in [-0.2, -0.15) is 0 Å². The third-order valence-corrected chi connectivity index (χ3v) is 2.72. The summed E-state index contributed by atoms with van der Waals surface area (Å²) in [5.41, 5.74) is 7.23. The highest BCUT2D eigenvalue weighted by Gasteiger charge is 2.16. The first kappa shape index (κ1) is 16.2. The van der Waals surface area contributed by atoms with Gasteiger partial charge in [-0.25, -0.2) is 0 Å². The zero-order valence-electron chi connectivity index (χ0n) is 12.4. The topological polar surface area (TPSA) is 75.3 Å². The van der Waals surface area contributed by atoms with Crippen molar-refractivity contribution in [3.8, 4) is 0 Å². The zero-order valence-corrected chi connectivity index (χ0v) is 12.4. The second kappa shape index (κ2) is 7.10. The van der Waals surface area contributed by atoms with Crippen LogP contribution in [-0.4, -0.2) is 23.7 Å². The molecule has 0 aliphatic carbocycles. The molecule has 0 saturated carbocycles. The van der Waals surface area contributed by atoms with Gasteiger partial charge < -0.3 is 16.2 Å². The minimum absolute atomic E-state index is 0.0456. The summed E-state index contributed by atoms with van der Waals surface area (Å²) < 4.78 is 0. The predicted octanol–water partition coefficient (Wildman–Crippen LogP) is 2.20. The first-order valence-electron chi connectivity index (χ1n) is 6.76. The molecule has 110 valence electrons. The third-order valence-electron chi connectivity index (χ3n) is 2.72. The van der Waals surface area contributed by atoms with Crippen molar-refractivity contribution in [3.05, 3.63) is 35.9 Å². The van der Waals surface area contributed by atoms with Crippen LogP contribution in [0, 0.1) is 5.41 Å². The standard InChI is InChI=1S/C16H24N2O2/c1-16(2,3)10-14(19)11-18-15(20)9-6-12-4-7-13(17)8-5-12/h4-9,14,19H,10-11,17H2,1-3H3,(H,18,20)/b9-6+. The molecule has 1 aromatic carbocycles. The van der Waals surface area contributed by atoms with E-state index in [1.807, 2.05) is 12.1 Å². The second-order valence-corrected chi connectivity index (χ2v) is 6.16. The number of hydrogen-bond acceptors (Lipinski definition) is 3. The molecule has 20 heavy (non-hydrogen) atoms. The van der Waals surface area contributed by atoms with Gasteiger partial charge in [0, 0.05) is 18.3 Å². The molecule has 0 saturated heterocycles. The van der Waals surface area contributed by atoms with Crippen LogP contribution in [-0.2, 0) is 4.79 Å². The summed E-state index contributed by atoms with van der Waals surface area (Å²) in [5, 5.41) is 12.5. The highest BCUT2D eigenvalue weighted by molar-refractivity contribution is 5.91. The van der Waals surface area contributed by atoms with Crippen molar-refractivity contribution in [1.29, 1.82) is 0 Å². The fourth-order valence-electron chi connectivity index (χ4n) is 1.84. The number of carbonyl (C=O) groups is 1. The molecule has 0 bridgehead atoms. The van der Waals surface area contributed by atoms with Crippen LogP contribution in [0.15, 0.2) is 30.3 Å². The van der Waals surface area contributed by atoms with Crippen LogP contribution >= 0.6 is 0 Å². The normalized spacial score (nSPS) is 13.4. The summed E-state index contributed by atoms with van der Waals surface area (Å²) in [6.07, 6.45) is 3.29. The molecule has 0 aromatic heterocycles. The van der Waals surface area contributed by atoms with E-state index in [0.29, 0.717) is 12.1 Å². The van der Waals surface area contributed by atoms with Crippen LogP contribution < -0.4 is 11.1 Å². The maximum atomic E-state index is 11.6. The number of hydrogen-bond donors (Lipinski definition) is 3. The van der Waals surface area contributed by atoms with Gasteiger partial charge in [0.2, 0.25) is 5.91 Å². The molecule has 0 heterocycles. The Labute approximate surface area is 120 Å². The molecular weight excluding hydrogens is 252 g/mol. The largest absolute Gasteiger partial charge is 0.399 e. The lowest BCUT2D eigenvalue weighted by Gasteiger charge is -2.22. The maximum Gasteiger partial charge on any atom is 0.244 e. The summed E-state index contributed by atoms with van der Waals surface area (Å²) in [5.74, 6) is -0.213. The predicted molar refractivity (Wildman–Crippen MR) is 83.0 cm³/mol. The Kier molecular flexibility index (Phi) is 5.77. The lowest BCUT2D eigenvalue weighted by atomic mass is 9.89. The summed E-state index contributed by atoms with van der Waals surface area (Å²) >= 11 is 0. The number of nitrogen functional groups attached to an aromatic ring is 1. The van der Waals surface area contributed by atoms with Crippen LogP contribution in [0.4, 0.5) is 5.69 Å². The minimum atomic E-state index is -0.524. The quantitative estimate of drug-likeness (QED) is 0.570. The van der Waals surface area contributed by atoms with Gasteiger partial charge in [-0.3, -0.25) is 4.79 Å². The molecule has 4 N–H and O–H groups in total. The Bertz CT molecular complexity index is 458. The van der Waals surface area contributed by atoms with E-state index >= 15 is 0 Å². The summed E-state index contributed by atoms with van der Waals surface area (Å²) in [6, 6.07) is 7.25. The number of benzene rings is 1. The molecule has 4 nitrogen and oxygen atoms in total. The molecule has 1 aromatic rings. The van der Waals surface area contributed by atoms with E-state index in [4.69, 9.17) is 5.73 Å². The zero-order chi connectivity index (χ0) is 15.2. The summed E-state index contributed by atoms with van der Waals surface area (Å²) in [7, 11) is 0. The maximum absolute atomic E-state index is 11.6. The lowest BCUT2D eigenvalue weighted by molar-refractivity contribution is -0.117. The Morgan fingerprint density at radius 2 is 1.95 bits per heavy atom. The van der Waals surface area contributed by atoms with Crippen molar-refractivity contribution in [1.82, 2.24) is 5.32 Å². The molecular formula is C16H24N2O2. The molecule has 0 aliphatic heterocycles. The SMILES string of the molecule is CC(C)(C)CC(O)CNC(=O)/C=C/c1ccc(N)cc1. The van der Waals surface area contributed by atoms with Gasteiger partial charge in [0.15, 0.2) is 0 Å². The average molecular weight is 276 g/mol. The molecule has 1 amide bonds. The monoisotopic (exact) mass is 276 g/mol. The number of rotatable bonds is 5. The molecule has 4 heteroatoms. The van der Waals surface area contributed by atoms with Gasteiger partial charge in [0.25, 0.3) is 0 Å². The number of carbonyl (C=O) groups excluding carboxylic acids is 1. The summed E-state index contributed by atoms with van der Waals surface area (Å²) in [4.78, 5) is 11.6. The highest BCUT2D eigenvalue weighted by atomic mass is 16.3. The van der Waals surface area contributed by atoms with Gasteiger partial charge in [0.05, 0.1) is 6.10 Å². The van der Waals surface area contributed by atoms with Crippen molar-refractivity contribution < 1.29 is 9.90 Å². The van der Waals surface area contributed by atoms with Gasteiger partial charge in [-0.1, -0.05) is 32.9 Å². The van der Waals surface area contributed by atoms with Gasteiger partial charge in [0.1, 0.15) is 0 Å². The van der Waals surface area contributed by atoms with Crippen molar-refractivity contribution in [2.45, 2.75) is 33.3 Å². The molecule has 1 rings (SSSR count). The number of nitrogens with two attached hydrogens (primary N) is 1. The van der Waals surface area contributed by atoms with E-state index < -0.39 is 6.10 Å². The molecule has 0 radical (unpaired) electrons. The molecule has 0 spiro atoms. The van der Waals surface area contributed by atoms with Crippen LogP contribution in [0.25, 0.3) is 6.08 Å². The lowest BCUT2D eigenvalue weighted by Crippen LogP contribution is -2.33. The first-order chi connectivity index (χ1) is 9.26. The first-order valence-corrected chi connectivity index (χ1v) is 6.76. The number of anilines is 1. The number of aliphatic hydroxyl groups is 1. The van der Waals surface area contributed by atoms with E-state index in [1.165, 1.54) is 6.08 Å². The number of aliphatic hydroxyl groups excluding tert-OH is 1. The van der Waals surface area contributed by atoms with Crippen LogP contribution in [0.3, 0.4) is 0 Å². The number of nitrogens with one attached hydrogen (secondary N) is 1. The van der Waals surface area contributed by atoms with Gasteiger partial charge in [-0.15, -0.1) is 0 Å². The Morgan fingerprint density at radius 3 is 2.50 bits per heavy atom. The highest BCUT2D eigenvalue weighted by Crippen LogP contribution is 2.20. The fraction of sp³-hybridized carbons (Fsp3) is 0.438. The van der Waals surface area contributed by atoms with E-state index in [2.05, 4.69) is 26.1 Å². The van der Waals surface area contributed by atoms with Crippen molar-refractivity contribution in [2.75, 3.05) is 12.3 Å². The smallest absolute Gasteiger partial charge is 0.244 e. The van der Waals surface area contributed by atoms with Crippen LogP contribution in [0.1, 0.15) is 32.8 Å². The number of amides is 1. The Hall–Kier alpha value is -1.81. The molecule has 0 fully saturated rings.